The molecule has 2 N–H and O–H groups in total. The number of ketones is 1. The topological polar surface area (TPSA) is 33.7 Å². The van der Waals surface area contributed by atoms with Crippen molar-refractivity contribution < 1.29 is 10.1 Å². The number of hydrogen-bond donors (Lipinski definition) is 1. The first-order valence-electron chi connectivity index (χ1n) is 4.14. The van der Waals surface area contributed by atoms with Gasteiger partial charge < -0.3 is 5.32 Å². The number of hydrogen-bond acceptors (Lipinski definition) is 1. The van der Waals surface area contributed by atoms with Crippen molar-refractivity contribution in [3.05, 3.63) is 35.9 Å². The van der Waals surface area contributed by atoms with Crippen molar-refractivity contribution in [1.29, 1.82) is 0 Å². The van der Waals surface area contributed by atoms with Gasteiger partial charge in [-0.2, -0.15) is 0 Å². The van der Waals surface area contributed by atoms with Gasteiger partial charge in [-0.15, -0.1) is 0 Å². The fourth-order valence-electron chi connectivity index (χ4n) is 1.02. The van der Waals surface area contributed by atoms with E-state index in [1.165, 1.54) is 0 Å². The molecule has 1 aromatic carbocycles. The van der Waals surface area contributed by atoms with E-state index in [4.69, 9.17) is 0 Å². The highest BCUT2D eigenvalue weighted by Gasteiger charge is 2.14. The predicted molar refractivity (Wildman–Crippen MR) is 48.1 cm³/mol. The van der Waals surface area contributed by atoms with Gasteiger partial charge in [0, 0.05) is 5.56 Å². The van der Waals surface area contributed by atoms with Gasteiger partial charge in [-0.3, -0.25) is 4.79 Å². The Labute approximate surface area is 72.6 Å². The van der Waals surface area contributed by atoms with Crippen molar-refractivity contribution >= 4 is 5.78 Å². The number of nitrogens with two attached hydrogens (primary N) is 1. The Hall–Kier alpha value is -1.15. The third-order valence-electron chi connectivity index (χ3n) is 1.97. The normalized spacial score (nSPS) is 12.5. The minimum absolute atomic E-state index is 0.0207. The molecule has 12 heavy (non-hydrogen) atoms. The highest BCUT2D eigenvalue weighted by Crippen LogP contribution is 2.00. The Morgan fingerprint density at radius 1 is 1.33 bits per heavy atom. The van der Waals surface area contributed by atoms with Crippen LogP contribution in [0.15, 0.2) is 30.3 Å². The molecule has 0 unspecified atom stereocenters. The molecule has 0 spiro atoms. The third-order valence-corrected chi connectivity index (χ3v) is 1.97. The lowest BCUT2D eigenvalue weighted by molar-refractivity contribution is -0.645. The van der Waals surface area contributed by atoms with Gasteiger partial charge in [-0.05, 0) is 6.92 Å². The summed E-state index contributed by atoms with van der Waals surface area (Å²) in [4.78, 5) is 11.5. The van der Waals surface area contributed by atoms with Crippen molar-refractivity contribution in [3.8, 4) is 0 Å². The third kappa shape index (κ3) is 1.92. The van der Waals surface area contributed by atoms with Crippen LogP contribution in [0, 0.1) is 0 Å². The molecule has 0 bridgehead atoms. The molecule has 0 aliphatic carbocycles. The van der Waals surface area contributed by atoms with Gasteiger partial charge in [0.2, 0.25) is 5.78 Å². The molecule has 0 radical (unpaired) electrons. The minimum Gasteiger partial charge on any atom is -0.340 e. The van der Waals surface area contributed by atoms with Crippen LogP contribution in [0.5, 0.6) is 0 Å². The molecule has 0 saturated heterocycles. The lowest BCUT2D eigenvalue weighted by atomic mass is 10.1. The maximum atomic E-state index is 11.5. The molecule has 0 amide bonds. The summed E-state index contributed by atoms with van der Waals surface area (Å²) in [5.41, 5.74) is 0.795. The number of benzene rings is 1. The van der Waals surface area contributed by atoms with Crippen LogP contribution < -0.4 is 5.32 Å². The lowest BCUT2D eigenvalue weighted by Gasteiger charge is -2.04. The molecular formula is C10H14NO+. The molecular weight excluding hydrogens is 150 g/mol. The maximum absolute atomic E-state index is 11.5. The molecule has 0 saturated carbocycles. The highest BCUT2D eigenvalue weighted by atomic mass is 16.1. The van der Waals surface area contributed by atoms with Crippen LogP contribution in [0.1, 0.15) is 17.3 Å². The first-order valence-corrected chi connectivity index (χ1v) is 4.14. The Morgan fingerprint density at radius 3 is 2.42 bits per heavy atom. The summed E-state index contributed by atoms with van der Waals surface area (Å²) in [6.07, 6.45) is 0. The van der Waals surface area contributed by atoms with Crippen LogP contribution in [0.4, 0.5) is 0 Å². The van der Waals surface area contributed by atoms with Crippen LogP contribution >= 0.6 is 0 Å². The summed E-state index contributed by atoms with van der Waals surface area (Å²) >= 11 is 0. The summed E-state index contributed by atoms with van der Waals surface area (Å²) in [7, 11) is 1.91. The van der Waals surface area contributed by atoms with Crippen LogP contribution in [0.3, 0.4) is 0 Å². The smallest absolute Gasteiger partial charge is 0.219 e. The second kappa shape index (κ2) is 4.02. The van der Waals surface area contributed by atoms with Crippen molar-refractivity contribution in [2.24, 2.45) is 0 Å². The Morgan fingerprint density at radius 2 is 1.92 bits per heavy atom. The van der Waals surface area contributed by atoms with E-state index >= 15 is 0 Å². The molecule has 0 heterocycles. The zero-order valence-electron chi connectivity index (χ0n) is 7.45. The molecule has 2 nitrogen and oxygen atoms in total. The van der Waals surface area contributed by atoms with Gasteiger partial charge in [0.15, 0.2) is 0 Å². The van der Waals surface area contributed by atoms with E-state index in [1.54, 1.807) is 0 Å². The van der Waals surface area contributed by atoms with Crippen LogP contribution in [0.2, 0.25) is 0 Å². The van der Waals surface area contributed by atoms with Crippen molar-refractivity contribution in [1.82, 2.24) is 0 Å². The average Bonchev–Trinajstić information content (AvgIpc) is 2.17. The van der Waals surface area contributed by atoms with E-state index in [9.17, 15) is 4.79 Å². The Bertz CT molecular complexity index is 256. The van der Waals surface area contributed by atoms with Crippen molar-refractivity contribution in [2.75, 3.05) is 7.05 Å². The zero-order chi connectivity index (χ0) is 8.97. The summed E-state index contributed by atoms with van der Waals surface area (Å²) in [5.74, 6) is 0.193. The number of likely N-dealkylation sites (N-methyl/N-ethyl adjacent to an activating group) is 1. The first-order chi connectivity index (χ1) is 5.75. The molecule has 1 atom stereocenters. The highest BCUT2D eigenvalue weighted by molar-refractivity contribution is 5.98. The van der Waals surface area contributed by atoms with E-state index < -0.39 is 0 Å². The largest absolute Gasteiger partial charge is 0.340 e. The average molecular weight is 164 g/mol. The molecule has 0 aliphatic rings. The zero-order valence-corrected chi connectivity index (χ0v) is 7.45. The van der Waals surface area contributed by atoms with Gasteiger partial charge in [0.1, 0.15) is 6.04 Å². The van der Waals surface area contributed by atoms with Gasteiger partial charge >= 0.3 is 0 Å². The molecule has 64 valence electrons. The quantitative estimate of drug-likeness (QED) is 0.647. The maximum Gasteiger partial charge on any atom is 0.219 e. The fraction of sp³-hybridized carbons (Fsp3) is 0.300. The van der Waals surface area contributed by atoms with Crippen molar-refractivity contribution in [2.45, 2.75) is 13.0 Å². The van der Waals surface area contributed by atoms with E-state index in [0.717, 1.165) is 5.56 Å². The summed E-state index contributed by atoms with van der Waals surface area (Å²) < 4.78 is 0. The second-order valence-corrected chi connectivity index (χ2v) is 2.85. The van der Waals surface area contributed by atoms with E-state index in [0.29, 0.717) is 0 Å². The monoisotopic (exact) mass is 164 g/mol. The Kier molecular flexibility index (Phi) is 3.00. The number of carbonyl (C=O) groups excluding carboxylic acids is 1. The SMILES string of the molecule is C[NH2+][C@@H](C)C(=O)c1ccccc1. The molecule has 2 heteroatoms. The van der Waals surface area contributed by atoms with Crippen LogP contribution in [-0.2, 0) is 0 Å². The van der Waals surface area contributed by atoms with E-state index in [1.807, 2.05) is 49.6 Å². The second-order valence-electron chi connectivity index (χ2n) is 2.85. The summed E-state index contributed by atoms with van der Waals surface area (Å²) in [5, 5.41) is 1.91. The fourth-order valence-corrected chi connectivity index (χ4v) is 1.02. The van der Waals surface area contributed by atoms with Gasteiger partial charge in [0.25, 0.3) is 0 Å². The van der Waals surface area contributed by atoms with Gasteiger partial charge in [-0.1, -0.05) is 30.3 Å². The molecule has 0 aromatic heterocycles. The number of carbonyl (C=O) groups is 1. The molecule has 0 fully saturated rings. The minimum atomic E-state index is 0.0207. The van der Waals surface area contributed by atoms with E-state index in [2.05, 4.69) is 0 Å². The molecule has 0 aliphatic heterocycles. The van der Waals surface area contributed by atoms with E-state index in [-0.39, 0.29) is 11.8 Å². The first kappa shape index (κ1) is 8.94. The molecule has 1 aromatic rings. The van der Waals surface area contributed by atoms with Crippen molar-refractivity contribution in [3.63, 3.8) is 0 Å². The predicted octanol–water partition coefficient (Wildman–Crippen LogP) is 0.451. The standard InChI is InChI=1S/C10H13NO/c1-8(11-2)10(12)9-6-4-3-5-7-9/h3-8,11H,1-2H3/p+1/t8-/m0/s1. The lowest BCUT2D eigenvalue weighted by Crippen LogP contribution is -2.87. The van der Waals surface area contributed by atoms with Gasteiger partial charge in [0.05, 0.1) is 7.05 Å². The number of Topliss-reactive ketones (excluding diaryl/α,β-unsaturated/α-hetero) is 1. The van der Waals surface area contributed by atoms with Crippen LogP contribution in [0.25, 0.3) is 0 Å². The Balaban J connectivity index is 2.79. The summed E-state index contributed by atoms with van der Waals surface area (Å²) in [6, 6.07) is 9.40. The van der Waals surface area contributed by atoms with Crippen LogP contribution in [-0.4, -0.2) is 18.9 Å². The van der Waals surface area contributed by atoms with Gasteiger partial charge in [-0.25, -0.2) is 0 Å². The number of rotatable bonds is 3. The summed E-state index contributed by atoms with van der Waals surface area (Å²) in [6.45, 7) is 1.91. The molecule has 1 rings (SSSR count). The number of quaternary nitrogens is 1.